The van der Waals surface area contributed by atoms with E-state index in [1.807, 2.05) is 27.7 Å². The van der Waals surface area contributed by atoms with Crippen molar-refractivity contribution in [2.24, 2.45) is 0 Å². The van der Waals surface area contributed by atoms with E-state index in [9.17, 15) is 19.7 Å². The molecule has 28 heavy (non-hydrogen) atoms. The van der Waals surface area contributed by atoms with Crippen LogP contribution >= 0.6 is 0 Å². The summed E-state index contributed by atoms with van der Waals surface area (Å²) in [6, 6.07) is 4.41. The summed E-state index contributed by atoms with van der Waals surface area (Å²) in [5, 5.41) is 17.0. The minimum absolute atomic E-state index is 0.137. The number of carbonyl (C=O) groups is 2. The summed E-state index contributed by atoms with van der Waals surface area (Å²) in [6.45, 7) is 8.72. The van der Waals surface area contributed by atoms with Crippen LogP contribution in [0.4, 0.5) is 16.2 Å². The molecule has 0 aliphatic carbocycles. The van der Waals surface area contributed by atoms with Crippen molar-refractivity contribution in [3.05, 3.63) is 33.9 Å². The SMILES string of the molecule is CCNc1ccc(C(=O)N2CCC[C@@H](OC(=O)NC(C)(C)C)C2)cc1[N+](=O)[O-]. The molecule has 0 spiro atoms. The number of nitro groups is 1. The van der Waals surface area contributed by atoms with Gasteiger partial charge >= 0.3 is 6.09 Å². The van der Waals surface area contributed by atoms with Gasteiger partial charge in [-0.3, -0.25) is 14.9 Å². The molecule has 0 saturated carbocycles. The van der Waals surface area contributed by atoms with E-state index in [4.69, 9.17) is 4.74 Å². The maximum atomic E-state index is 12.8. The van der Waals surface area contributed by atoms with E-state index >= 15 is 0 Å². The second kappa shape index (κ2) is 8.90. The molecule has 1 saturated heterocycles. The van der Waals surface area contributed by atoms with Gasteiger partial charge < -0.3 is 20.3 Å². The molecule has 0 radical (unpaired) electrons. The third-order valence-corrected chi connectivity index (χ3v) is 4.22. The summed E-state index contributed by atoms with van der Waals surface area (Å²) in [7, 11) is 0. The first-order valence-electron chi connectivity index (χ1n) is 9.41. The van der Waals surface area contributed by atoms with Crippen LogP contribution in [0.1, 0.15) is 50.9 Å². The third-order valence-electron chi connectivity index (χ3n) is 4.22. The minimum Gasteiger partial charge on any atom is -0.444 e. The topological polar surface area (TPSA) is 114 Å². The van der Waals surface area contributed by atoms with Crippen molar-refractivity contribution >= 4 is 23.4 Å². The number of carbonyl (C=O) groups excluding carboxylic acids is 2. The fourth-order valence-corrected chi connectivity index (χ4v) is 3.04. The van der Waals surface area contributed by atoms with Crippen LogP contribution in [0.2, 0.25) is 0 Å². The second-order valence-electron chi connectivity index (χ2n) is 7.82. The Morgan fingerprint density at radius 3 is 2.68 bits per heavy atom. The molecule has 9 heteroatoms. The summed E-state index contributed by atoms with van der Waals surface area (Å²) in [5.74, 6) is -0.310. The predicted molar refractivity (Wildman–Crippen MR) is 106 cm³/mol. The highest BCUT2D eigenvalue weighted by Gasteiger charge is 2.29. The molecule has 1 aliphatic heterocycles. The molecule has 0 unspecified atom stereocenters. The molecular weight excluding hydrogens is 364 g/mol. The number of nitrogens with zero attached hydrogens (tertiary/aromatic N) is 2. The zero-order valence-corrected chi connectivity index (χ0v) is 16.8. The summed E-state index contributed by atoms with van der Waals surface area (Å²) >= 11 is 0. The van der Waals surface area contributed by atoms with E-state index < -0.39 is 22.7 Å². The number of amides is 2. The van der Waals surface area contributed by atoms with Gasteiger partial charge in [-0.2, -0.15) is 0 Å². The molecule has 0 bridgehead atoms. The summed E-state index contributed by atoms with van der Waals surface area (Å²) in [6.07, 6.45) is 0.436. The van der Waals surface area contributed by atoms with Gasteiger partial charge in [-0.15, -0.1) is 0 Å². The zero-order valence-electron chi connectivity index (χ0n) is 16.8. The standard InChI is InChI=1S/C19H28N4O5/c1-5-20-15-9-8-13(11-16(15)23(26)27)17(24)22-10-6-7-14(12-22)28-18(25)21-19(2,3)4/h8-9,11,14,20H,5-7,10,12H2,1-4H3,(H,21,25)/t14-/m1/s1. The van der Waals surface area contributed by atoms with Crippen molar-refractivity contribution in [3.8, 4) is 0 Å². The molecule has 1 fully saturated rings. The van der Waals surface area contributed by atoms with E-state index in [-0.39, 0.29) is 23.7 Å². The Morgan fingerprint density at radius 2 is 2.07 bits per heavy atom. The highest BCUT2D eigenvalue weighted by Crippen LogP contribution is 2.27. The van der Waals surface area contributed by atoms with Crippen molar-refractivity contribution in [1.29, 1.82) is 0 Å². The molecule has 2 rings (SSSR count). The van der Waals surface area contributed by atoms with E-state index in [2.05, 4.69) is 10.6 Å². The molecule has 9 nitrogen and oxygen atoms in total. The molecule has 1 heterocycles. The Bertz CT molecular complexity index is 744. The van der Waals surface area contributed by atoms with Crippen LogP contribution in [-0.4, -0.2) is 53.1 Å². The van der Waals surface area contributed by atoms with E-state index in [1.165, 1.54) is 6.07 Å². The van der Waals surface area contributed by atoms with Crippen molar-refractivity contribution < 1.29 is 19.2 Å². The van der Waals surface area contributed by atoms with Crippen LogP contribution in [0, 0.1) is 10.1 Å². The normalized spacial score (nSPS) is 17.0. The maximum absolute atomic E-state index is 12.8. The highest BCUT2D eigenvalue weighted by atomic mass is 16.6. The lowest BCUT2D eigenvalue weighted by molar-refractivity contribution is -0.384. The van der Waals surface area contributed by atoms with Crippen LogP contribution in [0.3, 0.4) is 0 Å². The molecule has 154 valence electrons. The molecule has 2 N–H and O–H groups in total. The molecule has 1 aliphatic rings. The molecular formula is C19H28N4O5. The lowest BCUT2D eigenvalue weighted by Gasteiger charge is -2.33. The summed E-state index contributed by atoms with van der Waals surface area (Å²) in [5.41, 5.74) is 0.0760. The first-order chi connectivity index (χ1) is 13.1. The second-order valence-corrected chi connectivity index (χ2v) is 7.82. The number of nitro benzene ring substituents is 1. The van der Waals surface area contributed by atoms with Crippen LogP contribution < -0.4 is 10.6 Å². The number of rotatable bonds is 5. The molecule has 1 aromatic rings. The number of hydrogen-bond donors (Lipinski definition) is 2. The highest BCUT2D eigenvalue weighted by molar-refractivity contribution is 5.95. The van der Waals surface area contributed by atoms with Crippen molar-refractivity contribution in [2.45, 2.75) is 52.2 Å². The minimum atomic E-state index is -0.516. The van der Waals surface area contributed by atoms with Gasteiger partial charge in [0.2, 0.25) is 0 Å². The van der Waals surface area contributed by atoms with Crippen LogP contribution in [0.15, 0.2) is 18.2 Å². The first kappa shape index (κ1) is 21.5. The zero-order chi connectivity index (χ0) is 20.9. The van der Waals surface area contributed by atoms with E-state index in [0.29, 0.717) is 31.6 Å². The number of hydrogen-bond acceptors (Lipinski definition) is 6. The van der Waals surface area contributed by atoms with E-state index in [0.717, 1.165) is 0 Å². The fraction of sp³-hybridized carbons (Fsp3) is 0.579. The Morgan fingerprint density at radius 1 is 1.36 bits per heavy atom. The number of ether oxygens (including phenoxy) is 1. The molecule has 1 aromatic carbocycles. The molecule has 0 aromatic heterocycles. The average molecular weight is 392 g/mol. The van der Waals surface area contributed by atoms with Gasteiger partial charge in [-0.25, -0.2) is 4.79 Å². The van der Waals surface area contributed by atoms with Gasteiger partial charge in [-0.05, 0) is 52.7 Å². The predicted octanol–water partition coefficient (Wildman–Crippen LogP) is 3.16. The lowest BCUT2D eigenvalue weighted by atomic mass is 10.1. The number of alkyl carbamates (subject to hydrolysis) is 1. The van der Waals surface area contributed by atoms with Crippen LogP contribution in [0.5, 0.6) is 0 Å². The number of anilines is 1. The van der Waals surface area contributed by atoms with Crippen LogP contribution in [-0.2, 0) is 4.74 Å². The smallest absolute Gasteiger partial charge is 0.407 e. The van der Waals surface area contributed by atoms with Gasteiger partial charge in [0.15, 0.2) is 0 Å². The Kier molecular flexibility index (Phi) is 6.82. The number of nitrogens with one attached hydrogen (secondary N) is 2. The van der Waals surface area contributed by atoms with Crippen molar-refractivity contribution in [3.63, 3.8) is 0 Å². The van der Waals surface area contributed by atoms with E-state index in [1.54, 1.807) is 17.0 Å². The number of likely N-dealkylation sites (tertiary alicyclic amines) is 1. The Labute approximate surface area is 164 Å². The molecule has 1 atom stereocenters. The average Bonchev–Trinajstić information content (AvgIpc) is 2.60. The van der Waals surface area contributed by atoms with Gasteiger partial charge in [-0.1, -0.05) is 0 Å². The Hall–Kier alpha value is -2.84. The largest absolute Gasteiger partial charge is 0.444 e. The lowest BCUT2D eigenvalue weighted by Crippen LogP contribution is -2.47. The van der Waals surface area contributed by atoms with Crippen molar-refractivity contribution in [2.75, 3.05) is 25.0 Å². The quantitative estimate of drug-likeness (QED) is 0.588. The Balaban J connectivity index is 2.08. The maximum Gasteiger partial charge on any atom is 0.407 e. The fourth-order valence-electron chi connectivity index (χ4n) is 3.04. The van der Waals surface area contributed by atoms with Gasteiger partial charge in [0.1, 0.15) is 11.8 Å². The number of benzene rings is 1. The summed E-state index contributed by atoms with van der Waals surface area (Å²) < 4.78 is 5.43. The van der Waals surface area contributed by atoms with Crippen molar-refractivity contribution in [1.82, 2.24) is 10.2 Å². The first-order valence-corrected chi connectivity index (χ1v) is 9.41. The van der Waals surface area contributed by atoms with Gasteiger partial charge in [0, 0.05) is 30.3 Å². The third kappa shape index (κ3) is 5.83. The summed E-state index contributed by atoms with van der Waals surface area (Å²) in [4.78, 5) is 37.2. The van der Waals surface area contributed by atoms with Gasteiger partial charge in [0.25, 0.3) is 11.6 Å². The monoisotopic (exact) mass is 392 g/mol. The molecule has 2 amide bonds. The van der Waals surface area contributed by atoms with Gasteiger partial charge in [0.05, 0.1) is 11.5 Å². The van der Waals surface area contributed by atoms with Crippen LogP contribution in [0.25, 0.3) is 0 Å². The number of piperidine rings is 1.